The Balaban J connectivity index is -0.000000623. The van der Waals surface area contributed by atoms with Crippen molar-refractivity contribution in [2.75, 3.05) is 40.6 Å². The van der Waals surface area contributed by atoms with E-state index < -0.39 is 15.4 Å². The van der Waals surface area contributed by atoms with Crippen molar-refractivity contribution in [1.82, 2.24) is 0 Å². The van der Waals surface area contributed by atoms with Crippen LogP contribution in [0.5, 0.6) is 0 Å². The standard InChI is InChI=1S/C13H26O6S.C13H26O3.Na/c1-12(20(15,16)17)8-6-4-3-5-7-9-13(14)19-11-10-18-2;1-3-4-5-6-7-8-9-10-13(14)16-12-11-15-2;/h12H,3-11H2,1-2H3,(H,15,16,17);3-12H2,1-2H3;/q;;+1/p-1. The summed E-state index contributed by atoms with van der Waals surface area (Å²) in [4.78, 5) is 22.4. The second kappa shape index (κ2) is 30.3. The molecule has 0 aliphatic heterocycles. The Morgan fingerprint density at radius 2 is 1.05 bits per heavy atom. The zero-order chi connectivity index (χ0) is 27.5. The summed E-state index contributed by atoms with van der Waals surface area (Å²) < 4.78 is 51.4. The van der Waals surface area contributed by atoms with Gasteiger partial charge in [-0.15, -0.1) is 0 Å². The van der Waals surface area contributed by atoms with Gasteiger partial charge < -0.3 is 23.5 Å². The first-order valence-electron chi connectivity index (χ1n) is 13.4. The van der Waals surface area contributed by atoms with Gasteiger partial charge in [0.1, 0.15) is 13.2 Å². The topological polar surface area (TPSA) is 128 Å². The van der Waals surface area contributed by atoms with Gasteiger partial charge in [0.15, 0.2) is 0 Å². The normalized spacial score (nSPS) is 11.6. The molecular formula is C26H51NaO9S. The van der Waals surface area contributed by atoms with Crippen LogP contribution in [0, 0.1) is 0 Å². The molecule has 0 heterocycles. The fourth-order valence-electron chi connectivity index (χ4n) is 3.22. The van der Waals surface area contributed by atoms with Crippen molar-refractivity contribution in [2.45, 2.75) is 115 Å². The van der Waals surface area contributed by atoms with Crippen molar-refractivity contribution < 1.29 is 71.1 Å². The maximum absolute atomic E-state index is 11.2. The number of carbonyl (C=O) groups excluding carboxylic acids is 2. The third kappa shape index (κ3) is 33.7. The van der Waals surface area contributed by atoms with Gasteiger partial charge in [0.25, 0.3) is 0 Å². The van der Waals surface area contributed by atoms with Gasteiger partial charge in [-0.05, 0) is 26.2 Å². The molecule has 0 aromatic rings. The molecule has 9 nitrogen and oxygen atoms in total. The molecule has 216 valence electrons. The molecule has 1 unspecified atom stereocenters. The first kappa shape index (κ1) is 41.3. The molecule has 0 radical (unpaired) electrons. The van der Waals surface area contributed by atoms with Crippen LogP contribution in [-0.4, -0.2) is 70.8 Å². The van der Waals surface area contributed by atoms with Gasteiger partial charge >= 0.3 is 41.5 Å². The number of unbranched alkanes of at least 4 members (excludes halogenated alkanes) is 10. The van der Waals surface area contributed by atoms with Gasteiger partial charge in [0, 0.05) is 32.3 Å². The van der Waals surface area contributed by atoms with Crippen molar-refractivity contribution in [3.63, 3.8) is 0 Å². The molecule has 0 amide bonds. The fourth-order valence-corrected chi connectivity index (χ4v) is 3.68. The molecule has 0 saturated carbocycles. The first-order chi connectivity index (χ1) is 17.2. The Morgan fingerprint density at radius 3 is 1.43 bits per heavy atom. The molecule has 0 saturated heterocycles. The molecule has 0 aromatic carbocycles. The van der Waals surface area contributed by atoms with E-state index in [9.17, 15) is 22.6 Å². The van der Waals surface area contributed by atoms with E-state index in [2.05, 4.69) is 6.92 Å². The largest absolute Gasteiger partial charge is 1.00 e. The van der Waals surface area contributed by atoms with Crippen LogP contribution in [0.4, 0.5) is 0 Å². The van der Waals surface area contributed by atoms with Crippen LogP contribution >= 0.6 is 0 Å². The average Bonchev–Trinajstić information content (AvgIpc) is 2.83. The van der Waals surface area contributed by atoms with Crippen LogP contribution in [0.15, 0.2) is 0 Å². The minimum Gasteiger partial charge on any atom is -0.748 e. The Kier molecular flexibility index (Phi) is 33.8. The number of hydrogen-bond acceptors (Lipinski definition) is 9. The van der Waals surface area contributed by atoms with E-state index in [-0.39, 0.29) is 48.1 Å². The SMILES string of the molecule is CCCCCCCCCC(=O)OCCOC.COCCOC(=O)CCCCCCCC(C)S(=O)(=O)[O-].[Na+]. The number of methoxy groups -OCH3 is 2. The van der Waals surface area contributed by atoms with E-state index in [4.69, 9.17) is 18.9 Å². The van der Waals surface area contributed by atoms with Crippen molar-refractivity contribution in [3.8, 4) is 0 Å². The van der Waals surface area contributed by atoms with Crippen molar-refractivity contribution in [3.05, 3.63) is 0 Å². The van der Waals surface area contributed by atoms with Gasteiger partial charge in [0.2, 0.25) is 0 Å². The van der Waals surface area contributed by atoms with E-state index in [1.165, 1.54) is 39.0 Å². The molecule has 0 rings (SSSR count). The summed E-state index contributed by atoms with van der Waals surface area (Å²) in [5.41, 5.74) is 0. The van der Waals surface area contributed by atoms with E-state index >= 15 is 0 Å². The van der Waals surface area contributed by atoms with Crippen LogP contribution in [-0.2, 0) is 38.7 Å². The van der Waals surface area contributed by atoms with E-state index in [0.29, 0.717) is 39.1 Å². The maximum Gasteiger partial charge on any atom is 1.00 e. The Hall–Kier alpha value is -0.230. The third-order valence-corrected chi connectivity index (χ3v) is 6.79. The summed E-state index contributed by atoms with van der Waals surface area (Å²) in [5.74, 6) is -0.307. The van der Waals surface area contributed by atoms with Gasteiger partial charge in [-0.2, -0.15) is 0 Å². The van der Waals surface area contributed by atoms with Gasteiger partial charge in [0.05, 0.1) is 23.3 Å². The summed E-state index contributed by atoms with van der Waals surface area (Å²) in [5, 5.41) is -0.807. The molecule has 0 fully saturated rings. The number of esters is 2. The monoisotopic (exact) mass is 562 g/mol. The van der Waals surface area contributed by atoms with Gasteiger partial charge in [-0.3, -0.25) is 9.59 Å². The molecule has 37 heavy (non-hydrogen) atoms. The molecule has 0 aliphatic rings. The Labute approximate surface area is 248 Å². The maximum atomic E-state index is 11.2. The molecule has 0 spiro atoms. The minimum absolute atomic E-state index is 0. The predicted octanol–water partition coefficient (Wildman–Crippen LogP) is 2.16. The van der Waals surface area contributed by atoms with E-state index in [0.717, 1.165) is 44.9 Å². The summed E-state index contributed by atoms with van der Waals surface area (Å²) in [6.07, 6.45) is 14.1. The smallest absolute Gasteiger partial charge is 0.748 e. The summed E-state index contributed by atoms with van der Waals surface area (Å²) in [6, 6.07) is 0. The molecular weight excluding hydrogens is 511 g/mol. The predicted molar refractivity (Wildman–Crippen MR) is 140 cm³/mol. The third-order valence-electron chi connectivity index (χ3n) is 5.57. The summed E-state index contributed by atoms with van der Waals surface area (Å²) >= 11 is 0. The quantitative estimate of drug-likeness (QED) is 0.0796. The van der Waals surface area contributed by atoms with Crippen molar-refractivity contribution >= 4 is 22.1 Å². The van der Waals surface area contributed by atoms with Crippen LogP contribution in [0.1, 0.15) is 110 Å². The molecule has 11 heteroatoms. The zero-order valence-electron chi connectivity index (χ0n) is 24.1. The Morgan fingerprint density at radius 1 is 0.676 bits per heavy atom. The van der Waals surface area contributed by atoms with E-state index in [1.54, 1.807) is 14.2 Å². The fraction of sp³-hybridized carbons (Fsp3) is 0.923. The number of carbonyl (C=O) groups is 2. The second-order valence-electron chi connectivity index (χ2n) is 8.91. The molecule has 1 atom stereocenters. The average molecular weight is 563 g/mol. The minimum atomic E-state index is -4.14. The first-order valence-corrected chi connectivity index (χ1v) is 14.9. The second-order valence-corrected chi connectivity index (χ2v) is 10.7. The number of hydrogen-bond donors (Lipinski definition) is 0. The number of rotatable bonds is 23. The van der Waals surface area contributed by atoms with E-state index in [1.807, 2.05) is 0 Å². The van der Waals surface area contributed by atoms with Crippen LogP contribution in [0.3, 0.4) is 0 Å². The van der Waals surface area contributed by atoms with Crippen LogP contribution in [0.2, 0.25) is 0 Å². The zero-order valence-corrected chi connectivity index (χ0v) is 26.9. The van der Waals surface area contributed by atoms with Crippen molar-refractivity contribution in [1.29, 1.82) is 0 Å². The molecule has 0 aromatic heterocycles. The molecule has 0 aliphatic carbocycles. The van der Waals surface area contributed by atoms with Gasteiger partial charge in [-0.25, -0.2) is 8.42 Å². The summed E-state index contributed by atoms with van der Waals surface area (Å²) in [7, 11) is -0.994. The van der Waals surface area contributed by atoms with Crippen LogP contribution in [0.25, 0.3) is 0 Å². The summed E-state index contributed by atoms with van der Waals surface area (Å²) in [6.45, 7) is 5.23. The molecule has 0 N–H and O–H groups in total. The van der Waals surface area contributed by atoms with Crippen molar-refractivity contribution in [2.24, 2.45) is 0 Å². The van der Waals surface area contributed by atoms with Gasteiger partial charge in [-0.1, -0.05) is 71.1 Å². The number of ether oxygens (including phenoxy) is 4. The Bertz CT molecular complexity index is 615. The molecule has 0 bridgehead atoms. The van der Waals surface area contributed by atoms with Crippen LogP contribution < -0.4 is 29.6 Å².